The highest BCUT2D eigenvalue weighted by atomic mass is 32.2. The molecule has 0 aliphatic carbocycles. The number of benzene rings is 2. The van der Waals surface area contributed by atoms with Gasteiger partial charge in [0.25, 0.3) is 0 Å². The lowest BCUT2D eigenvalue weighted by atomic mass is 10.0. The number of rotatable bonds is 7. The van der Waals surface area contributed by atoms with E-state index < -0.39 is 22.0 Å². The van der Waals surface area contributed by atoms with Crippen molar-refractivity contribution < 1.29 is 18.0 Å². The highest BCUT2D eigenvalue weighted by Gasteiger charge is 2.29. The Hall–Kier alpha value is -2.71. The highest BCUT2D eigenvalue weighted by Crippen LogP contribution is 2.27. The SMILES string of the molecule is Cc1ccc(S(=O)(=O)N[C@H](C(=O)Nc2ccc(N3CCCC3=O)c(C)c2)C(C)C)cc1. The molecule has 2 aromatic carbocycles. The van der Waals surface area contributed by atoms with Gasteiger partial charge in [0.15, 0.2) is 0 Å². The Morgan fingerprint density at radius 1 is 1.06 bits per heavy atom. The molecule has 1 atom stereocenters. The maximum Gasteiger partial charge on any atom is 0.242 e. The van der Waals surface area contributed by atoms with Crippen molar-refractivity contribution in [3.05, 3.63) is 53.6 Å². The zero-order valence-corrected chi connectivity index (χ0v) is 19.1. The lowest BCUT2D eigenvalue weighted by Crippen LogP contribution is -2.47. The lowest BCUT2D eigenvalue weighted by molar-refractivity contribution is -0.119. The molecular weight excluding hydrogens is 414 g/mol. The van der Waals surface area contributed by atoms with Crippen molar-refractivity contribution in [2.45, 2.75) is 51.5 Å². The van der Waals surface area contributed by atoms with E-state index >= 15 is 0 Å². The number of anilines is 2. The van der Waals surface area contributed by atoms with Crippen LogP contribution in [-0.4, -0.2) is 32.8 Å². The van der Waals surface area contributed by atoms with Crippen molar-refractivity contribution in [2.24, 2.45) is 5.92 Å². The number of aryl methyl sites for hydroxylation is 2. The number of nitrogens with zero attached hydrogens (tertiary/aromatic N) is 1. The predicted molar refractivity (Wildman–Crippen MR) is 122 cm³/mol. The molecule has 0 radical (unpaired) electrons. The molecule has 1 aliphatic heterocycles. The van der Waals surface area contributed by atoms with Crippen LogP contribution < -0.4 is 14.9 Å². The quantitative estimate of drug-likeness (QED) is 0.686. The van der Waals surface area contributed by atoms with E-state index in [-0.39, 0.29) is 16.7 Å². The minimum absolute atomic E-state index is 0.102. The van der Waals surface area contributed by atoms with Crippen molar-refractivity contribution in [1.82, 2.24) is 4.72 Å². The summed E-state index contributed by atoms with van der Waals surface area (Å²) < 4.78 is 28.1. The van der Waals surface area contributed by atoms with E-state index in [1.807, 2.05) is 19.9 Å². The van der Waals surface area contributed by atoms with Crippen LogP contribution in [0.4, 0.5) is 11.4 Å². The van der Waals surface area contributed by atoms with Crippen LogP contribution in [0.2, 0.25) is 0 Å². The number of nitrogens with one attached hydrogen (secondary N) is 2. The minimum Gasteiger partial charge on any atom is -0.325 e. The smallest absolute Gasteiger partial charge is 0.242 e. The fourth-order valence-electron chi connectivity index (χ4n) is 3.60. The van der Waals surface area contributed by atoms with Crippen molar-refractivity contribution in [3.63, 3.8) is 0 Å². The normalized spacial score (nSPS) is 15.4. The maximum atomic E-state index is 12.9. The van der Waals surface area contributed by atoms with E-state index in [1.54, 1.807) is 43.0 Å². The van der Waals surface area contributed by atoms with Gasteiger partial charge < -0.3 is 10.2 Å². The first-order chi connectivity index (χ1) is 14.6. The number of sulfonamides is 1. The van der Waals surface area contributed by atoms with Crippen LogP contribution in [0.3, 0.4) is 0 Å². The first kappa shape index (κ1) is 23.0. The van der Waals surface area contributed by atoms with E-state index in [9.17, 15) is 18.0 Å². The molecule has 1 aliphatic rings. The monoisotopic (exact) mass is 443 g/mol. The fraction of sp³-hybridized carbons (Fsp3) is 0.391. The summed E-state index contributed by atoms with van der Waals surface area (Å²) in [5, 5.41) is 2.81. The van der Waals surface area contributed by atoms with Crippen molar-refractivity contribution >= 4 is 33.2 Å². The molecule has 2 N–H and O–H groups in total. The first-order valence-electron chi connectivity index (χ1n) is 10.4. The van der Waals surface area contributed by atoms with Gasteiger partial charge in [0.1, 0.15) is 6.04 Å². The van der Waals surface area contributed by atoms with Crippen molar-refractivity contribution in [3.8, 4) is 0 Å². The molecule has 0 saturated carbocycles. The van der Waals surface area contributed by atoms with Crippen LogP contribution in [0, 0.1) is 19.8 Å². The topological polar surface area (TPSA) is 95.6 Å². The summed E-state index contributed by atoms with van der Waals surface area (Å²) >= 11 is 0. The largest absolute Gasteiger partial charge is 0.325 e. The summed E-state index contributed by atoms with van der Waals surface area (Å²) in [6.07, 6.45) is 1.39. The van der Waals surface area contributed by atoms with Crippen molar-refractivity contribution in [2.75, 3.05) is 16.8 Å². The Morgan fingerprint density at radius 3 is 2.29 bits per heavy atom. The van der Waals surface area contributed by atoms with E-state index in [2.05, 4.69) is 10.0 Å². The second-order valence-electron chi connectivity index (χ2n) is 8.30. The predicted octanol–water partition coefficient (Wildman–Crippen LogP) is 3.37. The Morgan fingerprint density at radius 2 is 1.74 bits per heavy atom. The van der Waals surface area contributed by atoms with Gasteiger partial charge in [0.2, 0.25) is 21.8 Å². The van der Waals surface area contributed by atoms with Crippen molar-refractivity contribution in [1.29, 1.82) is 0 Å². The number of hydrogen-bond acceptors (Lipinski definition) is 4. The van der Waals surface area contributed by atoms with Crippen LogP contribution in [0.5, 0.6) is 0 Å². The van der Waals surface area contributed by atoms with Crippen LogP contribution in [0.15, 0.2) is 47.4 Å². The molecular formula is C23H29N3O4S. The van der Waals surface area contributed by atoms with E-state index in [1.165, 1.54) is 12.1 Å². The molecule has 1 fully saturated rings. The molecule has 31 heavy (non-hydrogen) atoms. The molecule has 1 saturated heterocycles. The molecule has 0 unspecified atom stereocenters. The van der Waals surface area contributed by atoms with E-state index in [0.29, 0.717) is 18.7 Å². The molecule has 0 aromatic heterocycles. The Labute approximate surface area is 183 Å². The summed E-state index contributed by atoms with van der Waals surface area (Å²) in [4.78, 5) is 26.8. The zero-order valence-electron chi connectivity index (χ0n) is 18.3. The second kappa shape index (κ2) is 9.20. The van der Waals surface area contributed by atoms with Crippen LogP contribution in [-0.2, 0) is 19.6 Å². The summed E-state index contributed by atoms with van der Waals surface area (Å²) in [6, 6.07) is 10.9. The third-order valence-electron chi connectivity index (χ3n) is 5.39. The molecule has 8 heteroatoms. The summed E-state index contributed by atoms with van der Waals surface area (Å²) in [5.41, 5.74) is 3.21. The van der Waals surface area contributed by atoms with Gasteiger partial charge in [0, 0.05) is 24.3 Å². The first-order valence-corrected chi connectivity index (χ1v) is 11.9. The third-order valence-corrected chi connectivity index (χ3v) is 6.85. The fourth-order valence-corrected chi connectivity index (χ4v) is 4.95. The van der Waals surface area contributed by atoms with Gasteiger partial charge in [-0.15, -0.1) is 0 Å². The average Bonchev–Trinajstić information content (AvgIpc) is 3.12. The van der Waals surface area contributed by atoms with Gasteiger partial charge in [0.05, 0.1) is 4.90 Å². The number of carbonyl (C=O) groups is 2. The third kappa shape index (κ3) is 5.32. The summed E-state index contributed by atoms with van der Waals surface area (Å²) in [7, 11) is -3.85. The Balaban J connectivity index is 1.75. The molecule has 0 bridgehead atoms. The summed E-state index contributed by atoms with van der Waals surface area (Å²) in [6.45, 7) is 8.03. The molecule has 166 valence electrons. The highest BCUT2D eigenvalue weighted by molar-refractivity contribution is 7.89. The summed E-state index contributed by atoms with van der Waals surface area (Å²) in [5.74, 6) is -0.594. The molecule has 2 aromatic rings. The van der Waals surface area contributed by atoms with Crippen LogP contribution in [0.25, 0.3) is 0 Å². The standard InChI is InChI=1S/C23H29N3O4S/c1-15(2)22(25-31(29,30)19-10-7-16(3)8-11-19)23(28)24-18-9-12-20(17(4)14-18)26-13-5-6-21(26)27/h7-12,14-15,22,25H,5-6,13H2,1-4H3,(H,24,28)/t22-/m0/s1. The van der Waals surface area contributed by atoms with Crippen LogP contribution >= 0.6 is 0 Å². The Kier molecular flexibility index (Phi) is 6.81. The van der Waals surface area contributed by atoms with E-state index in [0.717, 1.165) is 23.2 Å². The van der Waals surface area contributed by atoms with Gasteiger partial charge in [-0.3, -0.25) is 9.59 Å². The van der Waals surface area contributed by atoms with Gasteiger partial charge in [-0.1, -0.05) is 31.5 Å². The number of amides is 2. The average molecular weight is 444 g/mol. The minimum atomic E-state index is -3.85. The van der Waals surface area contributed by atoms with Gasteiger partial charge in [-0.05, 0) is 62.1 Å². The zero-order chi connectivity index (χ0) is 22.8. The number of carbonyl (C=O) groups excluding carboxylic acids is 2. The van der Waals surface area contributed by atoms with E-state index in [4.69, 9.17) is 0 Å². The molecule has 3 rings (SSSR count). The molecule has 2 amide bonds. The second-order valence-corrected chi connectivity index (χ2v) is 10.0. The molecule has 1 heterocycles. The maximum absolute atomic E-state index is 12.9. The molecule has 0 spiro atoms. The van der Waals surface area contributed by atoms with Gasteiger partial charge in [-0.25, -0.2) is 8.42 Å². The van der Waals surface area contributed by atoms with Gasteiger partial charge in [-0.2, -0.15) is 4.72 Å². The molecule has 7 nitrogen and oxygen atoms in total. The Bertz CT molecular complexity index is 1080. The number of hydrogen-bond donors (Lipinski definition) is 2. The van der Waals surface area contributed by atoms with Gasteiger partial charge >= 0.3 is 0 Å². The lowest BCUT2D eigenvalue weighted by Gasteiger charge is -2.23. The van der Waals surface area contributed by atoms with Crippen LogP contribution in [0.1, 0.15) is 37.8 Å².